The number of anilines is 2. The molecule has 0 saturated carbocycles. The van der Waals surface area contributed by atoms with Crippen molar-refractivity contribution in [2.75, 3.05) is 11.1 Å². The molecule has 1 aliphatic rings. The zero-order valence-corrected chi connectivity index (χ0v) is 12.3. The molecule has 0 saturated heterocycles. The number of benzene rings is 1. The highest BCUT2D eigenvalue weighted by Crippen LogP contribution is 2.36. The molecule has 20 heavy (non-hydrogen) atoms. The van der Waals surface area contributed by atoms with E-state index in [4.69, 9.17) is 5.73 Å². The Morgan fingerprint density at radius 2 is 1.90 bits per heavy atom. The molecule has 1 heterocycles. The summed E-state index contributed by atoms with van der Waals surface area (Å²) < 4.78 is 0. The van der Waals surface area contributed by atoms with Gasteiger partial charge in [-0.05, 0) is 50.3 Å². The summed E-state index contributed by atoms with van der Waals surface area (Å²) in [6.07, 6.45) is 4.38. The van der Waals surface area contributed by atoms with Crippen molar-refractivity contribution < 1.29 is 4.79 Å². The third-order valence-corrected chi connectivity index (χ3v) is 4.86. The fraction of sp³-hybridized carbons (Fsp3) is 0.312. The molecule has 1 aliphatic carbocycles. The van der Waals surface area contributed by atoms with E-state index in [1.807, 2.05) is 31.2 Å². The third-order valence-electron chi connectivity index (χ3n) is 3.74. The zero-order valence-electron chi connectivity index (χ0n) is 11.5. The van der Waals surface area contributed by atoms with Gasteiger partial charge in [-0.1, -0.05) is 17.7 Å². The van der Waals surface area contributed by atoms with E-state index in [1.165, 1.54) is 22.4 Å². The van der Waals surface area contributed by atoms with Gasteiger partial charge in [0, 0.05) is 10.6 Å². The standard InChI is InChI=1S/C16H18N2OS/c1-10-6-8-11(9-7-10)18-16(19)14-12-4-2-3-5-13(12)20-15(14)17/h6-9H,2-5,17H2,1H3,(H,18,19). The van der Waals surface area contributed by atoms with Crippen LogP contribution in [0.1, 0.15) is 39.2 Å². The van der Waals surface area contributed by atoms with Crippen LogP contribution in [0.15, 0.2) is 24.3 Å². The van der Waals surface area contributed by atoms with E-state index in [2.05, 4.69) is 5.32 Å². The summed E-state index contributed by atoms with van der Waals surface area (Å²) in [6.45, 7) is 2.03. The molecule has 0 spiro atoms. The molecule has 3 nitrogen and oxygen atoms in total. The number of carbonyl (C=O) groups is 1. The number of nitrogens with one attached hydrogen (secondary N) is 1. The van der Waals surface area contributed by atoms with Gasteiger partial charge < -0.3 is 11.1 Å². The number of carbonyl (C=O) groups excluding carboxylic acids is 1. The van der Waals surface area contributed by atoms with Gasteiger partial charge in [0.2, 0.25) is 0 Å². The SMILES string of the molecule is Cc1ccc(NC(=O)c2c(N)sc3c2CCCC3)cc1. The number of rotatable bonds is 2. The van der Waals surface area contributed by atoms with E-state index in [0.717, 1.165) is 24.9 Å². The maximum Gasteiger partial charge on any atom is 0.258 e. The van der Waals surface area contributed by atoms with Crippen molar-refractivity contribution in [3.63, 3.8) is 0 Å². The summed E-state index contributed by atoms with van der Waals surface area (Å²) in [5.41, 5.74) is 9.92. The molecule has 3 rings (SSSR count). The first-order valence-corrected chi connectivity index (χ1v) is 7.75. The van der Waals surface area contributed by atoms with Gasteiger partial charge in [-0.2, -0.15) is 0 Å². The number of aryl methyl sites for hydroxylation is 2. The second-order valence-electron chi connectivity index (χ2n) is 5.27. The van der Waals surface area contributed by atoms with Crippen LogP contribution in [0, 0.1) is 6.92 Å². The van der Waals surface area contributed by atoms with Crippen molar-refractivity contribution in [1.29, 1.82) is 0 Å². The Labute approximate surface area is 122 Å². The lowest BCUT2D eigenvalue weighted by atomic mass is 9.95. The number of hydrogen-bond donors (Lipinski definition) is 2. The van der Waals surface area contributed by atoms with Gasteiger partial charge in [0.1, 0.15) is 0 Å². The Kier molecular flexibility index (Phi) is 3.49. The Morgan fingerprint density at radius 1 is 1.20 bits per heavy atom. The first kappa shape index (κ1) is 13.2. The molecular formula is C16H18N2OS. The molecule has 2 aromatic rings. The Bertz CT molecular complexity index is 643. The van der Waals surface area contributed by atoms with Crippen molar-refractivity contribution in [1.82, 2.24) is 0 Å². The zero-order chi connectivity index (χ0) is 14.1. The molecule has 0 atom stereocenters. The summed E-state index contributed by atoms with van der Waals surface area (Å²) in [6, 6.07) is 7.81. The maximum atomic E-state index is 12.5. The number of hydrogen-bond acceptors (Lipinski definition) is 3. The van der Waals surface area contributed by atoms with Crippen molar-refractivity contribution in [3.05, 3.63) is 45.8 Å². The van der Waals surface area contributed by atoms with Gasteiger partial charge in [-0.15, -0.1) is 11.3 Å². The monoisotopic (exact) mass is 286 g/mol. The van der Waals surface area contributed by atoms with E-state index in [1.54, 1.807) is 11.3 Å². The average molecular weight is 286 g/mol. The maximum absolute atomic E-state index is 12.5. The molecule has 0 unspecified atom stereocenters. The average Bonchev–Trinajstić information content (AvgIpc) is 2.77. The van der Waals surface area contributed by atoms with Gasteiger partial charge >= 0.3 is 0 Å². The van der Waals surface area contributed by atoms with E-state index < -0.39 is 0 Å². The lowest BCUT2D eigenvalue weighted by molar-refractivity contribution is 0.102. The number of thiophene rings is 1. The summed E-state index contributed by atoms with van der Waals surface area (Å²) in [7, 11) is 0. The van der Waals surface area contributed by atoms with Gasteiger partial charge in [0.15, 0.2) is 0 Å². The largest absolute Gasteiger partial charge is 0.390 e. The molecular weight excluding hydrogens is 268 g/mol. The lowest BCUT2D eigenvalue weighted by Crippen LogP contribution is -2.15. The molecule has 4 heteroatoms. The predicted octanol–water partition coefficient (Wildman–Crippen LogP) is 3.77. The summed E-state index contributed by atoms with van der Waals surface area (Å²) in [5.74, 6) is -0.0780. The molecule has 0 radical (unpaired) electrons. The molecule has 104 valence electrons. The number of fused-ring (bicyclic) bond motifs is 1. The molecule has 3 N–H and O–H groups in total. The predicted molar refractivity (Wildman–Crippen MR) is 84.5 cm³/mol. The molecule has 0 bridgehead atoms. The van der Waals surface area contributed by atoms with Gasteiger partial charge in [-0.25, -0.2) is 0 Å². The molecule has 0 aliphatic heterocycles. The van der Waals surface area contributed by atoms with Crippen molar-refractivity contribution in [2.45, 2.75) is 32.6 Å². The minimum absolute atomic E-state index is 0.0780. The topological polar surface area (TPSA) is 55.1 Å². The quantitative estimate of drug-likeness (QED) is 0.883. The van der Waals surface area contributed by atoms with Crippen LogP contribution >= 0.6 is 11.3 Å². The smallest absolute Gasteiger partial charge is 0.258 e. The van der Waals surface area contributed by atoms with Gasteiger partial charge in [-0.3, -0.25) is 4.79 Å². The molecule has 1 aromatic carbocycles. The van der Waals surface area contributed by atoms with Gasteiger partial charge in [0.25, 0.3) is 5.91 Å². The third kappa shape index (κ3) is 2.43. The normalized spacial score (nSPS) is 13.8. The van der Waals surface area contributed by atoms with Crippen LogP contribution in [-0.2, 0) is 12.8 Å². The number of amides is 1. The summed E-state index contributed by atoms with van der Waals surface area (Å²) >= 11 is 1.58. The van der Waals surface area contributed by atoms with Crippen LogP contribution < -0.4 is 11.1 Å². The summed E-state index contributed by atoms with van der Waals surface area (Å²) in [4.78, 5) is 13.8. The first-order valence-electron chi connectivity index (χ1n) is 6.93. The second kappa shape index (κ2) is 5.29. The molecule has 0 fully saturated rings. The van der Waals surface area contributed by atoms with E-state index in [-0.39, 0.29) is 5.91 Å². The number of nitrogens with two attached hydrogens (primary N) is 1. The van der Waals surface area contributed by atoms with Crippen LogP contribution in [0.25, 0.3) is 0 Å². The van der Waals surface area contributed by atoms with Crippen LogP contribution in [0.2, 0.25) is 0 Å². The van der Waals surface area contributed by atoms with Crippen molar-refractivity contribution in [2.24, 2.45) is 0 Å². The van der Waals surface area contributed by atoms with Crippen LogP contribution in [0.5, 0.6) is 0 Å². The second-order valence-corrected chi connectivity index (χ2v) is 6.41. The van der Waals surface area contributed by atoms with E-state index in [9.17, 15) is 4.79 Å². The van der Waals surface area contributed by atoms with Crippen LogP contribution in [0.3, 0.4) is 0 Å². The first-order chi connectivity index (χ1) is 9.65. The highest BCUT2D eigenvalue weighted by Gasteiger charge is 2.23. The highest BCUT2D eigenvalue weighted by atomic mass is 32.1. The van der Waals surface area contributed by atoms with Crippen LogP contribution in [0.4, 0.5) is 10.7 Å². The highest BCUT2D eigenvalue weighted by molar-refractivity contribution is 7.16. The van der Waals surface area contributed by atoms with E-state index in [0.29, 0.717) is 10.6 Å². The van der Waals surface area contributed by atoms with Crippen molar-refractivity contribution in [3.8, 4) is 0 Å². The minimum atomic E-state index is -0.0780. The minimum Gasteiger partial charge on any atom is -0.390 e. The number of nitrogen functional groups attached to an aromatic ring is 1. The van der Waals surface area contributed by atoms with E-state index >= 15 is 0 Å². The molecule has 1 amide bonds. The Hall–Kier alpha value is -1.81. The molecule has 1 aromatic heterocycles. The fourth-order valence-corrected chi connectivity index (χ4v) is 3.82. The lowest BCUT2D eigenvalue weighted by Gasteiger charge is -2.12. The van der Waals surface area contributed by atoms with Gasteiger partial charge in [0.05, 0.1) is 10.6 Å². The fourth-order valence-electron chi connectivity index (χ4n) is 2.67. The summed E-state index contributed by atoms with van der Waals surface area (Å²) in [5, 5.41) is 3.60. The Balaban J connectivity index is 1.87. The Morgan fingerprint density at radius 3 is 2.65 bits per heavy atom. The van der Waals surface area contributed by atoms with Crippen molar-refractivity contribution >= 4 is 27.9 Å². The van der Waals surface area contributed by atoms with Crippen LogP contribution in [-0.4, -0.2) is 5.91 Å².